The Bertz CT molecular complexity index is 440. The van der Waals surface area contributed by atoms with E-state index in [9.17, 15) is 4.79 Å². The molecule has 1 heterocycles. The van der Waals surface area contributed by atoms with Crippen molar-refractivity contribution in [2.75, 3.05) is 18.0 Å². The largest absolute Gasteiger partial charge is 0.384 e. The van der Waals surface area contributed by atoms with Gasteiger partial charge in [0, 0.05) is 30.0 Å². The highest BCUT2D eigenvalue weighted by Crippen LogP contribution is 2.24. The Balaban J connectivity index is 1.62. The highest BCUT2D eigenvalue weighted by molar-refractivity contribution is 7.99. The van der Waals surface area contributed by atoms with E-state index in [4.69, 9.17) is 5.73 Å². The summed E-state index contributed by atoms with van der Waals surface area (Å²) in [4.78, 5) is 20.3. The summed E-state index contributed by atoms with van der Waals surface area (Å²) in [5.41, 5.74) is 6.56. The number of nitrogens with one attached hydrogen (secondary N) is 1. The number of aromatic nitrogens is 2. The zero-order valence-electron chi connectivity index (χ0n) is 11.9. The predicted molar refractivity (Wildman–Crippen MR) is 81.5 cm³/mol. The second kappa shape index (κ2) is 7.47. The van der Waals surface area contributed by atoms with E-state index in [0.717, 1.165) is 37.3 Å². The van der Waals surface area contributed by atoms with E-state index in [-0.39, 0.29) is 11.8 Å². The van der Waals surface area contributed by atoms with Gasteiger partial charge in [-0.15, -0.1) is 0 Å². The van der Waals surface area contributed by atoms with Crippen LogP contribution in [0.15, 0.2) is 11.2 Å². The van der Waals surface area contributed by atoms with Gasteiger partial charge in [0.1, 0.15) is 5.82 Å². The summed E-state index contributed by atoms with van der Waals surface area (Å²) in [6, 6.07) is 1.76. The third-order valence-electron chi connectivity index (χ3n) is 3.43. The lowest BCUT2D eigenvalue weighted by atomic mass is 10.1. The van der Waals surface area contributed by atoms with Crippen LogP contribution in [-0.2, 0) is 4.79 Å². The van der Waals surface area contributed by atoms with Gasteiger partial charge >= 0.3 is 0 Å². The molecule has 2 rings (SSSR count). The minimum atomic E-state index is 0.226. The molecule has 0 bridgehead atoms. The molecule has 0 unspecified atom stereocenters. The van der Waals surface area contributed by atoms with Gasteiger partial charge in [0.2, 0.25) is 5.91 Å². The standard InChI is InChI=1S/C14H22N4OS/c1-10-9-12(15)18-14(17-10)20-8-4-7-16-13(19)11-5-2-3-6-11/h9,11H,2-8H2,1H3,(H,16,19)(H2,15,17,18). The van der Waals surface area contributed by atoms with Crippen LogP contribution >= 0.6 is 11.8 Å². The van der Waals surface area contributed by atoms with Crippen molar-refractivity contribution in [2.24, 2.45) is 5.92 Å². The third-order valence-corrected chi connectivity index (χ3v) is 4.36. The molecule has 0 aliphatic heterocycles. The number of anilines is 1. The van der Waals surface area contributed by atoms with Crippen molar-refractivity contribution < 1.29 is 4.79 Å². The maximum Gasteiger partial charge on any atom is 0.223 e. The maximum absolute atomic E-state index is 11.8. The van der Waals surface area contributed by atoms with Gasteiger partial charge in [0.15, 0.2) is 5.16 Å². The van der Waals surface area contributed by atoms with Gasteiger partial charge in [-0.25, -0.2) is 9.97 Å². The van der Waals surface area contributed by atoms with Crippen molar-refractivity contribution in [1.82, 2.24) is 15.3 Å². The molecule has 0 saturated heterocycles. The second-order valence-corrected chi connectivity index (χ2v) is 6.25. The lowest BCUT2D eigenvalue weighted by molar-refractivity contribution is -0.124. The van der Waals surface area contributed by atoms with Crippen LogP contribution < -0.4 is 11.1 Å². The van der Waals surface area contributed by atoms with Gasteiger partial charge in [0.05, 0.1) is 0 Å². The number of hydrogen-bond donors (Lipinski definition) is 2. The number of carbonyl (C=O) groups excluding carboxylic acids is 1. The van der Waals surface area contributed by atoms with Gasteiger partial charge in [-0.2, -0.15) is 0 Å². The fraction of sp³-hybridized carbons (Fsp3) is 0.643. The number of aryl methyl sites for hydroxylation is 1. The fourth-order valence-electron chi connectivity index (χ4n) is 2.41. The van der Waals surface area contributed by atoms with E-state index in [0.29, 0.717) is 11.0 Å². The van der Waals surface area contributed by atoms with Crippen molar-refractivity contribution in [1.29, 1.82) is 0 Å². The smallest absolute Gasteiger partial charge is 0.223 e. The average molecular weight is 294 g/mol. The molecule has 20 heavy (non-hydrogen) atoms. The summed E-state index contributed by atoms with van der Waals surface area (Å²) in [5.74, 6) is 1.87. The molecule has 110 valence electrons. The summed E-state index contributed by atoms with van der Waals surface area (Å²) in [7, 11) is 0. The van der Waals surface area contributed by atoms with Crippen molar-refractivity contribution >= 4 is 23.5 Å². The molecule has 1 aromatic rings. The zero-order chi connectivity index (χ0) is 14.4. The van der Waals surface area contributed by atoms with Gasteiger partial charge in [-0.1, -0.05) is 24.6 Å². The topological polar surface area (TPSA) is 80.9 Å². The molecule has 0 radical (unpaired) electrons. The van der Waals surface area contributed by atoms with E-state index < -0.39 is 0 Å². The molecular formula is C14H22N4OS. The fourth-order valence-corrected chi connectivity index (χ4v) is 3.26. The Morgan fingerprint density at radius 2 is 2.20 bits per heavy atom. The predicted octanol–water partition coefficient (Wildman–Crippen LogP) is 2.16. The van der Waals surface area contributed by atoms with Crippen LogP contribution in [0.4, 0.5) is 5.82 Å². The molecule has 1 saturated carbocycles. The monoisotopic (exact) mass is 294 g/mol. The summed E-state index contributed by atoms with van der Waals surface area (Å²) < 4.78 is 0. The van der Waals surface area contributed by atoms with Gasteiger partial charge < -0.3 is 11.1 Å². The Hall–Kier alpha value is -1.30. The molecule has 3 N–H and O–H groups in total. The second-order valence-electron chi connectivity index (χ2n) is 5.19. The maximum atomic E-state index is 11.8. The van der Waals surface area contributed by atoms with E-state index >= 15 is 0 Å². The highest BCUT2D eigenvalue weighted by Gasteiger charge is 2.21. The van der Waals surface area contributed by atoms with Crippen molar-refractivity contribution in [3.8, 4) is 0 Å². The van der Waals surface area contributed by atoms with Crippen molar-refractivity contribution in [2.45, 2.75) is 44.2 Å². The number of hydrogen-bond acceptors (Lipinski definition) is 5. The average Bonchev–Trinajstić information content (AvgIpc) is 2.90. The molecule has 1 aliphatic rings. The summed E-state index contributed by atoms with van der Waals surface area (Å²) >= 11 is 1.58. The van der Waals surface area contributed by atoms with Crippen LogP contribution in [0.5, 0.6) is 0 Å². The molecule has 0 atom stereocenters. The van der Waals surface area contributed by atoms with Gasteiger partial charge in [-0.05, 0) is 26.2 Å². The molecule has 5 nitrogen and oxygen atoms in total. The number of nitrogens with two attached hydrogens (primary N) is 1. The number of nitrogen functional groups attached to an aromatic ring is 1. The molecule has 1 aromatic heterocycles. The highest BCUT2D eigenvalue weighted by atomic mass is 32.2. The van der Waals surface area contributed by atoms with Crippen LogP contribution in [0.3, 0.4) is 0 Å². The van der Waals surface area contributed by atoms with Crippen molar-refractivity contribution in [3.63, 3.8) is 0 Å². The van der Waals surface area contributed by atoms with Gasteiger partial charge in [-0.3, -0.25) is 4.79 Å². The number of rotatable bonds is 6. The van der Waals surface area contributed by atoms with Crippen LogP contribution in [0, 0.1) is 12.8 Å². The molecule has 1 aliphatic carbocycles. The molecule has 0 aromatic carbocycles. The summed E-state index contributed by atoms with van der Waals surface area (Å²) in [6.45, 7) is 2.63. The van der Waals surface area contributed by atoms with Gasteiger partial charge in [0.25, 0.3) is 0 Å². The van der Waals surface area contributed by atoms with E-state index in [1.807, 2.05) is 6.92 Å². The first-order chi connectivity index (χ1) is 9.65. The molecule has 0 spiro atoms. The molecule has 1 amide bonds. The molecule has 1 fully saturated rings. The van der Waals surface area contributed by atoms with E-state index in [1.54, 1.807) is 17.8 Å². The first-order valence-corrected chi connectivity index (χ1v) is 8.15. The lowest BCUT2D eigenvalue weighted by Crippen LogP contribution is -2.30. The van der Waals surface area contributed by atoms with Crippen LogP contribution in [0.1, 0.15) is 37.8 Å². The quantitative estimate of drug-likeness (QED) is 0.477. The normalized spacial score (nSPS) is 15.4. The van der Waals surface area contributed by atoms with Crippen LogP contribution in [0.25, 0.3) is 0 Å². The minimum absolute atomic E-state index is 0.226. The van der Waals surface area contributed by atoms with E-state index in [1.165, 1.54) is 12.8 Å². The summed E-state index contributed by atoms with van der Waals surface area (Å²) in [6.07, 6.45) is 5.41. The van der Waals surface area contributed by atoms with Crippen LogP contribution in [-0.4, -0.2) is 28.2 Å². The zero-order valence-corrected chi connectivity index (χ0v) is 12.7. The van der Waals surface area contributed by atoms with Crippen LogP contribution in [0.2, 0.25) is 0 Å². The molecular weight excluding hydrogens is 272 g/mol. The summed E-state index contributed by atoms with van der Waals surface area (Å²) in [5, 5.41) is 3.73. The van der Waals surface area contributed by atoms with Crippen molar-refractivity contribution in [3.05, 3.63) is 11.8 Å². The Morgan fingerprint density at radius 1 is 1.45 bits per heavy atom. The first-order valence-electron chi connectivity index (χ1n) is 7.17. The number of carbonyl (C=O) groups is 1. The Morgan fingerprint density at radius 3 is 2.90 bits per heavy atom. The molecule has 6 heteroatoms. The minimum Gasteiger partial charge on any atom is -0.384 e. The number of nitrogens with zero attached hydrogens (tertiary/aromatic N) is 2. The third kappa shape index (κ3) is 4.67. The number of thioether (sulfide) groups is 1. The Kier molecular flexibility index (Phi) is 5.64. The first kappa shape index (κ1) is 15.1. The Labute approximate surface area is 124 Å². The SMILES string of the molecule is Cc1cc(N)nc(SCCCNC(=O)C2CCCC2)n1. The lowest BCUT2D eigenvalue weighted by Gasteiger charge is -2.09. The number of amides is 1. The van der Waals surface area contributed by atoms with E-state index in [2.05, 4.69) is 15.3 Å².